The third-order valence-electron chi connectivity index (χ3n) is 10.5. The van der Waals surface area contributed by atoms with E-state index in [9.17, 15) is 9.59 Å². The zero-order valence-electron chi connectivity index (χ0n) is 31.3. The number of likely N-dealkylation sites (tertiary alicyclic amines) is 2. The number of aromatic amines is 2. The van der Waals surface area contributed by atoms with Crippen molar-refractivity contribution in [3.05, 3.63) is 65.9 Å². The van der Waals surface area contributed by atoms with Gasteiger partial charge in [-0.15, -0.1) is 0 Å². The molecule has 11 nitrogen and oxygen atoms in total. The highest BCUT2D eigenvalue weighted by atomic mass is 16.6. The number of amides is 2. The van der Waals surface area contributed by atoms with Gasteiger partial charge in [-0.3, -0.25) is 9.80 Å². The lowest BCUT2D eigenvalue weighted by molar-refractivity contribution is 0.0141. The number of fused-ring (bicyclic) bond motifs is 6. The summed E-state index contributed by atoms with van der Waals surface area (Å²) in [5.74, 6) is 2.36. The second-order valence-corrected chi connectivity index (χ2v) is 16.7. The third kappa shape index (κ3) is 6.13. The average molecular weight is 705 g/mol. The van der Waals surface area contributed by atoms with E-state index >= 15 is 0 Å². The summed E-state index contributed by atoms with van der Waals surface area (Å²) in [6.07, 6.45) is 4.66. The molecule has 2 saturated heterocycles. The van der Waals surface area contributed by atoms with Crippen LogP contribution in [-0.4, -0.2) is 65.2 Å². The minimum Gasteiger partial charge on any atom is -0.488 e. The van der Waals surface area contributed by atoms with Crippen LogP contribution >= 0.6 is 0 Å². The highest BCUT2D eigenvalue weighted by Crippen LogP contribution is 2.44. The summed E-state index contributed by atoms with van der Waals surface area (Å²) in [4.78, 5) is 46.8. The molecule has 52 heavy (non-hydrogen) atoms. The first kappa shape index (κ1) is 34.0. The molecule has 5 heterocycles. The zero-order chi connectivity index (χ0) is 36.7. The smallest absolute Gasteiger partial charge is 0.411 e. The maximum Gasteiger partial charge on any atom is 0.411 e. The summed E-state index contributed by atoms with van der Waals surface area (Å²) in [6.45, 7) is 15.9. The molecule has 4 atom stereocenters. The fraction of sp³-hybridized carbons (Fsp3) is 0.463. The van der Waals surface area contributed by atoms with E-state index in [4.69, 9.17) is 24.2 Å². The molecule has 0 bridgehead atoms. The maximum atomic E-state index is 13.2. The Morgan fingerprint density at radius 1 is 0.788 bits per heavy atom. The van der Waals surface area contributed by atoms with E-state index in [2.05, 4.69) is 60.2 Å². The molecule has 3 aliphatic rings. The quantitative estimate of drug-likeness (QED) is 0.192. The molecule has 0 aliphatic carbocycles. The summed E-state index contributed by atoms with van der Waals surface area (Å²) in [7, 11) is 0. The first-order chi connectivity index (χ1) is 24.6. The van der Waals surface area contributed by atoms with Crippen molar-refractivity contribution < 1.29 is 23.8 Å². The molecule has 0 radical (unpaired) electrons. The van der Waals surface area contributed by atoms with E-state index in [1.165, 1.54) is 0 Å². The van der Waals surface area contributed by atoms with Crippen molar-refractivity contribution in [1.82, 2.24) is 29.7 Å². The van der Waals surface area contributed by atoms with E-state index in [0.29, 0.717) is 6.61 Å². The highest BCUT2D eigenvalue weighted by molar-refractivity contribution is 6.07. The van der Waals surface area contributed by atoms with Crippen molar-refractivity contribution in [2.45, 2.75) is 123 Å². The Hall–Kier alpha value is -5.06. The molecule has 0 saturated carbocycles. The number of carbonyl (C=O) groups excluding carboxylic acids is 2. The van der Waals surface area contributed by atoms with Crippen LogP contribution in [0.3, 0.4) is 0 Å². The van der Waals surface area contributed by atoms with Crippen LogP contribution in [0.15, 0.2) is 48.7 Å². The molecule has 2 fully saturated rings. The van der Waals surface area contributed by atoms with Crippen LogP contribution in [0.2, 0.25) is 0 Å². The van der Waals surface area contributed by atoms with Gasteiger partial charge in [0.2, 0.25) is 0 Å². The predicted molar refractivity (Wildman–Crippen MR) is 200 cm³/mol. The van der Waals surface area contributed by atoms with Crippen LogP contribution < -0.4 is 4.74 Å². The lowest BCUT2D eigenvalue weighted by atomic mass is 9.92. The van der Waals surface area contributed by atoms with Crippen LogP contribution in [-0.2, 0) is 16.1 Å². The minimum absolute atomic E-state index is 0.0618. The second-order valence-electron chi connectivity index (χ2n) is 16.7. The molecule has 2 amide bonds. The van der Waals surface area contributed by atoms with Gasteiger partial charge in [0.15, 0.2) is 0 Å². The molecule has 272 valence electrons. The summed E-state index contributed by atoms with van der Waals surface area (Å²) in [5, 5.41) is 2.10. The van der Waals surface area contributed by atoms with Crippen LogP contribution in [0.1, 0.15) is 110 Å². The van der Waals surface area contributed by atoms with Crippen LogP contribution in [0.4, 0.5) is 9.59 Å². The largest absolute Gasteiger partial charge is 0.488 e. The van der Waals surface area contributed by atoms with E-state index in [1.807, 2.05) is 63.6 Å². The van der Waals surface area contributed by atoms with Crippen LogP contribution in [0.25, 0.3) is 44.2 Å². The number of aromatic nitrogens is 4. The molecule has 2 N–H and O–H groups in total. The Morgan fingerprint density at radius 3 is 2.10 bits per heavy atom. The summed E-state index contributed by atoms with van der Waals surface area (Å²) < 4.78 is 17.9. The van der Waals surface area contributed by atoms with Crippen molar-refractivity contribution in [3.63, 3.8) is 0 Å². The standard InChI is InChI=1S/C41H48N6O5/c1-22-9-15-32(46(22)38(48)51-40(3,4)5)36-42-20-31(44-36)25-11-13-27-26(17-25)21-50-34-19-28-24(18-29(27)34)12-14-30-35(28)45-37(43-30)33-16-10-23(2)47(33)39(49)52-41(6,7)8/h11-14,17-20,22-23,32-33H,9-10,15-16,21H2,1-8H3,(H,42,44)(H,43,45)/t22?,23?,32-,33-/m0/s1. The van der Waals surface area contributed by atoms with Gasteiger partial charge in [0.25, 0.3) is 0 Å². The number of imidazole rings is 2. The normalized spacial score (nSPS) is 21.7. The van der Waals surface area contributed by atoms with Crippen LogP contribution in [0.5, 0.6) is 5.75 Å². The van der Waals surface area contributed by atoms with Gasteiger partial charge in [0, 0.05) is 23.0 Å². The molecule has 3 aliphatic heterocycles. The number of ether oxygens (including phenoxy) is 3. The number of rotatable bonds is 3. The number of hydrogen-bond acceptors (Lipinski definition) is 7. The number of hydrogen-bond donors (Lipinski definition) is 2. The molecule has 5 aromatic rings. The van der Waals surface area contributed by atoms with Gasteiger partial charge in [-0.2, -0.15) is 0 Å². The Kier molecular flexibility index (Phi) is 8.04. The lowest BCUT2D eigenvalue weighted by Crippen LogP contribution is -2.40. The van der Waals surface area contributed by atoms with Crippen molar-refractivity contribution in [2.24, 2.45) is 0 Å². The summed E-state index contributed by atoms with van der Waals surface area (Å²) in [6, 6.07) is 14.7. The molecular weight excluding hydrogens is 656 g/mol. The molecule has 3 aromatic carbocycles. The second kappa shape index (κ2) is 12.3. The third-order valence-corrected chi connectivity index (χ3v) is 10.5. The topological polar surface area (TPSA) is 126 Å². The Bertz CT molecular complexity index is 2210. The SMILES string of the molecule is CC1CC[C@@H](c2ncc(-c3ccc4c(c3)COc3cc5c(ccc6nc([C@@H]7CCC(C)N7C(=O)OC(C)(C)C)[nH]c65)cc3-4)[nH]2)N1C(=O)OC(C)(C)C. The molecule has 8 rings (SSSR count). The molecular formula is C41H48N6O5. The number of H-pyrrole nitrogens is 2. The zero-order valence-corrected chi connectivity index (χ0v) is 31.3. The average Bonchev–Trinajstić information content (AvgIpc) is 3.87. The van der Waals surface area contributed by atoms with Gasteiger partial charge < -0.3 is 24.2 Å². The monoisotopic (exact) mass is 704 g/mol. The van der Waals surface area contributed by atoms with Gasteiger partial charge in [-0.25, -0.2) is 19.6 Å². The first-order valence-corrected chi connectivity index (χ1v) is 18.4. The van der Waals surface area contributed by atoms with Gasteiger partial charge in [0.05, 0.1) is 35.0 Å². The molecule has 2 aromatic heterocycles. The summed E-state index contributed by atoms with van der Waals surface area (Å²) >= 11 is 0. The minimum atomic E-state index is -0.572. The van der Waals surface area contributed by atoms with E-state index < -0.39 is 11.2 Å². The number of nitrogens with zero attached hydrogens (tertiary/aromatic N) is 4. The Morgan fingerprint density at radius 2 is 1.44 bits per heavy atom. The highest BCUT2D eigenvalue weighted by Gasteiger charge is 2.41. The fourth-order valence-electron chi connectivity index (χ4n) is 8.04. The van der Waals surface area contributed by atoms with Gasteiger partial charge in [-0.1, -0.05) is 18.2 Å². The van der Waals surface area contributed by atoms with Crippen molar-refractivity contribution in [1.29, 1.82) is 0 Å². The van der Waals surface area contributed by atoms with Crippen LogP contribution in [0, 0.1) is 0 Å². The Labute approximate surface area is 304 Å². The fourth-order valence-corrected chi connectivity index (χ4v) is 8.04. The molecule has 0 spiro atoms. The van der Waals surface area contributed by atoms with E-state index in [-0.39, 0.29) is 36.4 Å². The van der Waals surface area contributed by atoms with Gasteiger partial charge in [0.1, 0.15) is 35.2 Å². The first-order valence-electron chi connectivity index (χ1n) is 18.4. The van der Waals surface area contributed by atoms with Crippen molar-refractivity contribution >= 4 is 34.0 Å². The van der Waals surface area contributed by atoms with Crippen molar-refractivity contribution in [3.8, 4) is 28.1 Å². The van der Waals surface area contributed by atoms with E-state index in [1.54, 1.807) is 0 Å². The number of benzene rings is 3. The number of nitrogens with one attached hydrogen (secondary N) is 2. The molecule has 2 unspecified atom stereocenters. The number of carbonyl (C=O) groups is 2. The Balaban J connectivity index is 1.07. The van der Waals surface area contributed by atoms with Gasteiger partial charge >= 0.3 is 12.2 Å². The molecule has 11 heteroatoms. The lowest BCUT2D eigenvalue weighted by Gasteiger charge is -2.30. The van der Waals surface area contributed by atoms with Gasteiger partial charge in [-0.05, 0) is 127 Å². The van der Waals surface area contributed by atoms with Crippen molar-refractivity contribution in [2.75, 3.05) is 0 Å². The summed E-state index contributed by atoms with van der Waals surface area (Å²) in [5.41, 5.74) is 5.81. The maximum absolute atomic E-state index is 13.2. The predicted octanol–water partition coefficient (Wildman–Crippen LogP) is 9.59. The van der Waals surface area contributed by atoms with E-state index in [0.717, 1.165) is 92.8 Å².